The van der Waals surface area contributed by atoms with E-state index in [1.807, 2.05) is 6.92 Å². The molecular weight excluding hydrogens is 454 g/mol. The first-order valence-electron chi connectivity index (χ1n) is 10.9. The zero-order valence-electron chi connectivity index (χ0n) is 18.8. The van der Waals surface area contributed by atoms with Gasteiger partial charge in [0.05, 0.1) is 25.3 Å². The van der Waals surface area contributed by atoms with Crippen LogP contribution in [0.1, 0.15) is 30.5 Å². The summed E-state index contributed by atoms with van der Waals surface area (Å²) in [5, 5.41) is 11.7. The van der Waals surface area contributed by atoms with Crippen LogP contribution in [0.2, 0.25) is 5.02 Å². The van der Waals surface area contributed by atoms with Gasteiger partial charge in [-0.1, -0.05) is 36.7 Å². The molecule has 1 unspecified atom stereocenters. The van der Waals surface area contributed by atoms with E-state index in [2.05, 4.69) is 0 Å². The fraction of sp³-hybridized carbons (Fsp3) is 0.185. The minimum absolute atomic E-state index is 0.0135. The highest BCUT2D eigenvalue weighted by molar-refractivity contribution is 6.51. The molecule has 4 rings (SSSR count). The molecule has 7 heteroatoms. The van der Waals surface area contributed by atoms with E-state index in [0.717, 1.165) is 6.42 Å². The summed E-state index contributed by atoms with van der Waals surface area (Å²) in [6.07, 6.45) is 0.833. The van der Waals surface area contributed by atoms with Crippen molar-refractivity contribution < 1.29 is 24.2 Å². The topological polar surface area (TPSA) is 76.1 Å². The molecule has 1 amide bonds. The Morgan fingerprint density at radius 1 is 1.00 bits per heavy atom. The van der Waals surface area contributed by atoms with Crippen molar-refractivity contribution >= 4 is 34.7 Å². The number of nitrogens with zero attached hydrogens (tertiary/aromatic N) is 1. The molecule has 3 aromatic rings. The lowest BCUT2D eigenvalue weighted by molar-refractivity contribution is -0.132. The molecule has 0 aromatic heterocycles. The Morgan fingerprint density at radius 2 is 1.71 bits per heavy atom. The lowest BCUT2D eigenvalue weighted by Gasteiger charge is -2.26. The summed E-state index contributed by atoms with van der Waals surface area (Å²) >= 11 is 5.99. The van der Waals surface area contributed by atoms with Gasteiger partial charge in [-0.3, -0.25) is 14.5 Å². The number of ketones is 1. The number of amides is 1. The predicted octanol–water partition coefficient (Wildman–Crippen LogP) is 5.76. The lowest BCUT2D eigenvalue weighted by atomic mass is 9.95. The summed E-state index contributed by atoms with van der Waals surface area (Å²) in [6.45, 7) is 2.53. The van der Waals surface area contributed by atoms with Gasteiger partial charge in [-0.15, -0.1) is 0 Å². The average molecular weight is 478 g/mol. The number of rotatable bonds is 7. The standard InChI is InChI=1S/C27H24ClNO5/c1-3-14-34-22-9-5-7-20(16-22)29-24(18-6-4-8-21(15-18)33-2)23(26(31)27(29)32)25(30)17-10-12-19(28)13-11-17/h4-13,15-16,24,30H,3,14H2,1-2H3/b25-23+. The molecule has 0 spiro atoms. The van der Waals surface area contributed by atoms with Crippen molar-refractivity contribution in [3.63, 3.8) is 0 Å². The number of anilines is 1. The summed E-state index contributed by atoms with van der Waals surface area (Å²) in [5.74, 6) is -0.641. The first-order valence-corrected chi connectivity index (χ1v) is 11.3. The second-order valence-corrected chi connectivity index (χ2v) is 8.23. The van der Waals surface area contributed by atoms with Crippen LogP contribution >= 0.6 is 11.6 Å². The minimum atomic E-state index is -0.868. The van der Waals surface area contributed by atoms with Crippen LogP contribution in [-0.2, 0) is 9.59 Å². The van der Waals surface area contributed by atoms with Gasteiger partial charge in [-0.05, 0) is 60.5 Å². The minimum Gasteiger partial charge on any atom is -0.507 e. The van der Waals surface area contributed by atoms with E-state index in [4.69, 9.17) is 21.1 Å². The predicted molar refractivity (Wildman–Crippen MR) is 131 cm³/mol. The van der Waals surface area contributed by atoms with E-state index < -0.39 is 17.7 Å². The summed E-state index contributed by atoms with van der Waals surface area (Å²) in [4.78, 5) is 28.0. The molecule has 174 valence electrons. The Morgan fingerprint density at radius 3 is 2.41 bits per heavy atom. The molecule has 34 heavy (non-hydrogen) atoms. The SMILES string of the molecule is CCCOc1cccc(N2C(=O)C(=O)/C(=C(/O)c3ccc(Cl)cc3)C2c2cccc(OC)c2)c1. The van der Waals surface area contributed by atoms with Crippen LogP contribution in [0.4, 0.5) is 5.69 Å². The normalized spacial score (nSPS) is 17.1. The number of ether oxygens (including phenoxy) is 2. The van der Waals surface area contributed by atoms with Gasteiger partial charge in [0.25, 0.3) is 11.7 Å². The lowest BCUT2D eigenvalue weighted by Crippen LogP contribution is -2.29. The van der Waals surface area contributed by atoms with Gasteiger partial charge in [0.1, 0.15) is 17.3 Å². The van der Waals surface area contributed by atoms with Crippen molar-refractivity contribution in [1.29, 1.82) is 0 Å². The maximum atomic E-state index is 13.3. The van der Waals surface area contributed by atoms with E-state index in [-0.39, 0.29) is 11.3 Å². The quantitative estimate of drug-likeness (QED) is 0.266. The summed E-state index contributed by atoms with van der Waals surface area (Å²) in [6, 6.07) is 19.7. The molecule has 1 fully saturated rings. The Bertz CT molecular complexity index is 1250. The summed E-state index contributed by atoms with van der Waals surface area (Å²) in [5.41, 5.74) is 1.48. The molecule has 3 aromatic carbocycles. The van der Waals surface area contributed by atoms with Gasteiger partial charge >= 0.3 is 0 Å². The van der Waals surface area contributed by atoms with Crippen LogP contribution in [0.5, 0.6) is 11.5 Å². The molecule has 1 heterocycles. The third kappa shape index (κ3) is 4.50. The Balaban J connectivity index is 1.90. The molecule has 1 N–H and O–H groups in total. The molecule has 0 bridgehead atoms. The number of halogens is 1. The van der Waals surface area contributed by atoms with E-state index in [9.17, 15) is 14.7 Å². The third-order valence-corrected chi connectivity index (χ3v) is 5.79. The van der Waals surface area contributed by atoms with Crippen molar-refractivity contribution in [3.8, 4) is 11.5 Å². The zero-order chi connectivity index (χ0) is 24.2. The zero-order valence-corrected chi connectivity index (χ0v) is 19.6. The van der Waals surface area contributed by atoms with Gasteiger partial charge in [-0.25, -0.2) is 0 Å². The Hall–Kier alpha value is -3.77. The van der Waals surface area contributed by atoms with Crippen LogP contribution in [-0.4, -0.2) is 30.5 Å². The van der Waals surface area contributed by atoms with Gasteiger partial charge in [0, 0.05) is 22.3 Å². The van der Waals surface area contributed by atoms with Gasteiger partial charge < -0.3 is 14.6 Å². The highest BCUT2D eigenvalue weighted by atomic mass is 35.5. The third-order valence-electron chi connectivity index (χ3n) is 5.54. The second-order valence-electron chi connectivity index (χ2n) is 7.80. The Labute approximate surface area is 203 Å². The monoisotopic (exact) mass is 477 g/mol. The summed E-state index contributed by atoms with van der Waals surface area (Å²) in [7, 11) is 1.54. The highest BCUT2D eigenvalue weighted by Gasteiger charge is 2.47. The van der Waals surface area contributed by atoms with E-state index >= 15 is 0 Å². The van der Waals surface area contributed by atoms with Crippen LogP contribution in [0, 0.1) is 0 Å². The smallest absolute Gasteiger partial charge is 0.300 e. The van der Waals surface area contributed by atoms with Crippen molar-refractivity contribution in [3.05, 3.63) is 94.5 Å². The molecule has 6 nitrogen and oxygen atoms in total. The molecule has 0 aliphatic carbocycles. The number of benzene rings is 3. The van der Waals surface area contributed by atoms with Crippen molar-refractivity contribution in [2.24, 2.45) is 0 Å². The first-order chi connectivity index (χ1) is 16.4. The van der Waals surface area contributed by atoms with Gasteiger partial charge in [-0.2, -0.15) is 0 Å². The van der Waals surface area contributed by atoms with Crippen LogP contribution < -0.4 is 14.4 Å². The second kappa shape index (κ2) is 10.0. The highest BCUT2D eigenvalue weighted by Crippen LogP contribution is 2.43. The number of Topliss-reactive ketones (excluding diaryl/α,β-unsaturated/α-hetero) is 1. The molecule has 1 atom stereocenters. The Kier molecular flexibility index (Phi) is 6.89. The number of hydrogen-bond donors (Lipinski definition) is 1. The molecule has 1 saturated heterocycles. The molecular formula is C27H24ClNO5. The van der Waals surface area contributed by atoms with Crippen LogP contribution in [0.3, 0.4) is 0 Å². The number of carbonyl (C=O) groups is 2. The fourth-order valence-electron chi connectivity index (χ4n) is 3.93. The van der Waals surface area contributed by atoms with Gasteiger partial charge in [0.15, 0.2) is 0 Å². The number of aliphatic hydroxyl groups excluding tert-OH is 1. The van der Waals surface area contributed by atoms with Crippen molar-refractivity contribution in [2.45, 2.75) is 19.4 Å². The molecule has 0 radical (unpaired) electrons. The average Bonchev–Trinajstić information content (AvgIpc) is 3.13. The van der Waals surface area contributed by atoms with E-state index in [0.29, 0.717) is 39.9 Å². The molecule has 0 saturated carbocycles. The van der Waals surface area contributed by atoms with E-state index in [1.54, 1.807) is 72.8 Å². The van der Waals surface area contributed by atoms with E-state index in [1.165, 1.54) is 12.0 Å². The fourth-order valence-corrected chi connectivity index (χ4v) is 4.06. The van der Waals surface area contributed by atoms with Crippen molar-refractivity contribution in [2.75, 3.05) is 18.6 Å². The molecule has 1 aliphatic rings. The van der Waals surface area contributed by atoms with Crippen molar-refractivity contribution in [1.82, 2.24) is 0 Å². The summed E-state index contributed by atoms with van der Waals surface area (Å²) < 4.78 is 11.1. The largest absolute Gasteiger partial charge is 0.507 e. The van der Waals surface area contributed by atoms with Crippen LogP contribution in [0.15, 0.2) is 78.4 Å². The maximum Gasteiger partial charge on any atom is 0.300 e. The number of hydrogen-bond acceptors (Lipinski definition) is 5. The van der Waals surface area contributed by atoms with Crippen LogP contribution in [0.25, 0.3) is 5.76 Å². The number of aliphatic hydroxyl groups is 1. The van der Waals surface area contributed by atoms with Gasteiger partial charge in [0.2, 0.25) is 0 Å². The number of carbonyl (C=O) groups excluding carboxylic acids is 2. The molecule has 1 aliphatic heterocycles. The number of methoxy groups -OCH3 is 1. The first kappa shape index (κ1) is 23.4. The maximum absolute atomic E-state index is 13.3.